The lowest BCUT2D eigenvalue weighted by molar-refractivity contribution is 0.432. The SMILES string of the molecule is Cc1nn(-c2nc3ccccc3[nH]2)c(O)c1-c1ccccc1. The summed E-state index contributed by atoms with van der Waals surface area (Å²) >= 11 is 0. The number of nitrogens with zero attached hydrogens (tertiary/aromatic N) is 3. The minimum absolute atomic E-state index is 0.0859. The van der Waals surface area contributed by atoms with E-state index >= 15 is 0 Å². The van der Waals surface area contributed by atoms with Crippen molar-refractivity contribution in [3.8, 4) is 23.0 Å². The maximum atomic E-state index is 10.6. The fourth-order valence-corrected chi connectivity index (χ4v) is 2.65. The van der Waals surface area contributed by atoms with E-state index in [0.717, 1.165) is 27.9 Å². The van der Waals surface area contributed by atoms with E-state index in [1.807, 2.05) is 61.5 Å². The van der Waals surface area contributed by atoms with Gasteiger partial charge in [-0.25, -0.2) is 4.98 Å². The zero-order valence-electron chi connectivity index (χ0n) is 12.0. The van der Waals surface area contributed by atoms with Gasteiger partial charge in [0.2, 0.25) is 11.8 Å². The number of nitrogens with one attached hydrogen (secondary N) is 1. The third-order valence-corrected chi connectivity index (χ3v) is 3.68. The van der Waals surface area contributed by atoms with Crippen LogP contribution in [0.5, 0.6) is 5.88 Å². The predicted molar refractivity (Wildman–Crippen MR) is 85.1 cm³/mol. The number of aromatic hydroxyl groups is 1. The summed E-state index contributed by atoms with van der Waals surface area (Å²) in [6, 6.07) is 17.4. The molecule has 0 aliphatic carbocycles. The smallest absolute Gasteiger partial charge is 0.232 e. The van der Waals surface area contributed by atoms with Crippen molar-refractivity contribution in [2.75, 3.05) is 0 Å². The number of hydrogen-bond donors (Lipinski definition) is 2. The molecule has 0 unspecified atom stereocenters. The molecule has 22 heavy (non-hydrogen) atoms. The summed E-state index contributed by atoms with van der Waals surface area (Å²) in [6.07, 6.45) is 0. The summed E-state index contributed by atoms with van der Waals surface area (Å²) in [5, 5.41) is 15.0. The Labute approximate surface area is 126 Å². The van der Waals surface area contributed by atoms with Crippen molar-refractivity contribution >= 4 is 11.0 Å². The van der Waals surface area contributed by atoms with Gasteiger partial charge in [0.1, 0.15) is 0 Å². The Balaban J connectivity index is 1.90. The molecule has 0 amide bonds. The molecule has 0 atom stereocenters. The van der Waals surface area contributed by atoms with Gasteiger partial charge in [-0.1, -0.05) is 42.5 Å². The number of imidazole rings is 1. The van der Waals surface area contributed by atoms with Crippen molar-refractivity contribution in [2.45, 2.75) is 6.92 Å². The zero-order chi connectivity index (χ0) is 15.1. The highest BCUT2D eigenvalue weighted by molar-refractivity contribution is 5.77. The summed E-state index contributed by atoms with van der Waals surface area (Å²) in [5.41, 5.74) is 4.16. The molecule has 0 aliphatic heterocycles. The van der Waals surface area contributed by atoms with Gasteiger partial charge in [0.25, 0.3) is 0 Å². The van der Waals surface area contributed by atoms with Gasteiger partial charge < -0.3 is 10.1 Å². The molecule has 2 aromatic heterocycles. The summed E-state index contributed by atoms with van der Waals surface area (Å²) < 4.78 is 1.44. The van der Waals surface area contributed by atoms with Gasteiger partial charge in [-0.2, -0.15) is 9.78 Å². The summed E-state index contributed by atoms with van der Waals surface area (Å²) in [5.74, 6) is 0.590. The van der Waals surface area contributed by atoms with Gasteiger partial charge in [-0.05, 0) is 24.6 Å². The third-order valence-electron chi connectivity index (χ3n) is 3.68. The molecule has 0 saturated heterocycles. The van der Waals surface area contributed by atoms with Gasteiger partial charge in [-0.15, -0.1) is 0 Å². The molecule has 0 aliphatic rings. The number of rotatable bonds is 2. The van der Waals surface area contributed by atoms with E-state index in [1.165, 1.54) is 4.68 Å². The maximum absolute atomic E-state index is 10.6. The number of benzene rings is 2. The van der Waals surface area contributed by atoms with Crippen LogP contribution in [-0.2, 0) is 0 Å². The lowest BCUT2D eigenvalue weighted by Gasteiger charge is -2.01. The average molecular weight is 290 g/mol. The first kappa shape index (κ1) is 12.6. The first-order valence-electron chi connectivity index (χ1n) is 7.03. The molecule has 2 N–H and O–H groups in total. The molecule has 0 bridgehead atoms. The van der Waals surface area contributed by atoms with Crippen LogP contribution < -0.4 is 0 Å². The quantitative estimate of drug-likeness (QED) is 0.594. The summed E-state index contributed by atoms with van der Waals surface area (Å²) in [4.78, 5) is 7.65. The molecule has 2 aromatic carbocycles. The fraction of sp³-hybridized carbons (Fsp3) is 0.0588. The number of aromatic nitrogens is 4. The number of aromatic amines is 1. The Kier molecular flexibility index (Phi) is 2.72. The van der Waals surface area contributed by atoms with E-state index in [4.69, 9.17) is 0 Å². The number of para-hydroxylation sites is 2. The normalized spacial score (nSPS) is 11.1. The van der Waals surface area contributed by atoms with Gasteiger partial charge in [0.15, 0.2) is 0 Å². The number of aryl methyl sites for hydroxylation is 1. The van der Waals surface area contributed by atoms with Gasteiger partial charge in [-0.3, -0.25) is 0 Å². The van der Waals surface area contributed by atoms with Crippen LogP contribution in [0.15, 0.2) is 54.6 Å². The van der Waals surface area contributed by atoms with Crippen molar-refractivity contribution in [1.29, 1.82) is 0 Å². The maximum Gasteiger partial charge on any atom is 0.232 e. The minimum atomic E-state index is 0.0859. The summed E-state index contributed by atoms with van der Waals surface area (Å²) in [7, 11) is 0. The molecule has 108 valence electrons. The number of hydrogen-bond acceptors (Lipinski definition) is 3. The van der Waals surface area contributed by atoms with Crippen molar-refractivity contribution < 1.29 is 5.11 Å². The second-order valence-corrected chi connectivity index (χ2v) is 5.14. The zero-order valence-corrected chi connectivity index (χ0v) is 12.0. The molecule has 0 spiro atoms. The first-order valence-corrected chi connectivity index (χ1v) is 7.03. The van der Waals surface area contributed by atoms with Gasteiger partial charge in [0.05, 0.1) is 22.3 Å². The Morgan fingerprint density at radius 1 is 1.00 bits per heavy atom. The van der Waals surface area contributed by atoms with Crippen LogP contribution in [0.2, 0.25) is 0 Å². The lowest BCUT2D eigenvalue weighted by atomic mass is 10.1. The van der Waals surface area contributed by atoms with Crippen LogP contribution in [0, 0.1) is 6.92 Å². The van der Waals surface area contributed by atoms with Crippen molar-refractivity contribution in [2.24, 2.45) is 0 Å². The highest BCUT2D eigenvalue weighted by atomic mass is 16.3. The largest absolute Gasteiger partial charge is 0.493 e. The number of H-pyrrole nitrogens is 1. The molecule has 0 saturated carbocycles. The molecule has 5 heteroatoms. The Bertz CT molecular complexity index is 920. The van der Waals surface area contributed by atoms with Gasteiger partial charge >= 0.3 is 0 Å². The molecule has 4 aromatic rings. The third kappa shape index (κ3) is 1.87. The summed E-state index contributed by atoms with van der Waals surface area (Å²) in [6.45, 7) is 1.88. The van der Waals surface area contributed by atoms with Gasteiger partial charge in [0, 0.05) is 0 Å². The van der Waals surface area contributed by atoms with Crippen LogP contribution >= 0.6 is 0 Å². The standard InChI is InChI=1S/C17H14N4O/c1-11-15(12-7-3-2-4-8-12)16(22)21(20-11)17-18-13-9-5-6-10-14(13)19-17/h2-10,22H,1H3,(H,18,19). The van der Waals surface area contributed by atoms with E-state index in [0.29, 0.717) is 5.95 Å². The fourth-order valence-electron chi connectivity index (χ4n) is 2.65. The first-order chi connectivity index (χ1) is 10.7. The van der Waals surface area contributed by atoms with E-state index in [1.54, 1.807) is 0 Å². The Hall–Kier alpha value is -3.08. The van der Waals surface area contributed by atoms with E-state index in [2.05, 4.69) is 15.1 Å². The van der Waals surface area contributed by atoms with E-state index in [-0.39, 0.29) is 5.88 Å². The van der Waals surface area contributed by atoms with Crippen molar-refractivity contribution in [3.63, 3.8) is 0 Å². The molecule has 0 fully saturated rings. The molecule has 4 rings (SSSR count). The predicted octanol–water partition coefficient (Wildman–Crippen LogP) is 3.43. The monoisotopic (exact) mass is 290 g/mol. The average Bonchev–Trinajstić information content (AvgIpc) is 3.09. The molecule has 0 radical (unpaired) electrons. The highest BCUT2D eigenvalue weighted by Gasteiger charge is 2.18. The topological polar surface area (TPSA) is 66.7 Å². The van der Waals surface area contributed by atoms with Crippen molar-refractivity contribution in [1.82, 2.24) is 19.7 Å². The van der Waals surface area contributed by atoms with Crippen LogP contribution in [0.3, 0.4) is 0 Å². The van der Waals surface area contributed by atoms with E-state index in [9.17, 15) is 5.11 Å². The molecule has 5 nitrogen and oxygen atoms in total. The molecular formula is C17H14N4O. The van der Waals surface area contributed by atoms with Crippen molar-refractivity contribution in [3.05, 3.63) is 60.3 Å². The molecular weight excluding hydrogens is 276 g/mol. The van der Waals surface area contributed by atoms with Crippen LogP contribution in [0.1, 0.15) is 5.69 Å². The highest BCUT2D eigenvalue weighted by Crippen LogP contribution is 2.33. The number of fused-ring (bicyclic) bond motifs is 1. The second-order valence-electron chi connectivity index (χ2n) is 5.14. The van der Waals surface area contributed by atoms with Crippen LogP contribution in [-0.4, -0.2) is 24.9 Å². The van der Waals surface area contributed by atoms with E-state index < -0.39 is 0 Å². The molecule has 2 heterocycles. The Morgan fingerprint density at radius 2 is 1.73 bits per heavy atom. The lowest BCUT2D eigenvalue weighted by Crippen LogP contribution is -1.98. The second kappa shape index (κ2) is 4.73. The Morgan fingerprint density at radius 3 is 2.50 bits per heavy atom. The minimum Gasteiger partial charge on any atom is -0.493 e. The van der Waals surface area contributed by atoms with Crippen LogP contribution in [0.25, 0.3) is 28.1 Å². The van der Waals surface area contributed by atoms with Crippen LogP contribution in [0.4, 0.5) is 0 Å².